The quantitative estimate of drug-likeness (QED) is 0.558. The number of rotatable bonds is 4. The van der Waals surface area contributed by atoms with Crippen LogP contribution in [0.5, 0.6) is 0 Å². The zero-order valence-corrected chi connectivity index (χ0v) is 8.13. The highest BCUT2D eigenvalue weighted by Crippen LogP contribution is 1.80. The van der Waals surface area contributed by atoms with E-state index in [4.69, 9.17) is 10.8 Å². The zero-order valence-electron chi connectivity index (χ0n) is 8.13. The molecule has 0 saturated carbocycles. The van der Waals surface area contributed by atoms with E-state index in [-0.39, 0.29) is 25.1 Å². The molecular formula is C8H20N2O2. The van der Waals surface area contributed by atoms with Crippen LogP contribution in [-0.4, -0.2) is 30.2 Å². The maximum absolute atomic E-state index is 10.7. The minimum atomic E-state index is -0.285. The van der Waals surface area contributed by atoms with E-state index in [0.717, 1.165) is 0 Å². The maximum atomic E-state index is 10.7. The normalized spacial score (nSPS) is 11.1. The lowest BCUT2D eigenvalue weighted by molar-refractivity contribution is -0.121. The molecule has 0 bridgehead atoms. The van der Waals surface area contributed by atoms with E-state index >= 15 is 0 Å². The number of amides is 1. The first kappa shape index (κ1) is 13.9. The van der Waals surface area contributed by atoms with Crippen molar-refractivity contribution in [3.8, 4) is 0 Å². The molecule has 0 spiro atoms. The standard InChI is InChI=1S/C6H14N2O2.C2H6/c1-2-6(10)8-5(3-7)4-9;1-2/h5,9H,2-4,7H2,1H3,(H,8,10);1-2H3. The fraction of sp³-hybridized carbons (Fsp3) is 0.875. The Labute approximate surface area is 74.1 Å². The molecule has 0 aliphatic rings. The molecule has 12 heavy (non-hydrogen) atoms. The third kappa shape index (κ3) is 7.50. The number of carbonyl (C=O) groups excluding carboxylic acids is 1. The summed E-state index contributed by atoms with van der Waals surface area (Å²) in [6.45, 7) is 5.94. The second-order valence-electron chi connectivity index (χ2n) is 2.04. The molecule has 0 radical (unpaired) electrons. The Morgan fingerprint density at radius 1 is 1.58 bits per heavy atom. The van der Waals surface area contributed by atoms with Crippen LogP contribution < -0.4 is 11.1 Å². The largest absolute Gasteiger partial charge is 0.394 e. The summed E-state index contributed by atoms with van der Waals surface area (Å²) >= 11 is 0. The summed E-state index contributed by atoms with van der Waals surface area (Å²) in [6.07, 6.45) is 0.427. The summed E-state index contributed by atoms with van der Waals surface area (Å²) in [5.41, 5.74) is 5.21. The molecule has 74 valence electrons. The van der Waals surface area contributed by atoms with Crippen molar-refractivity contribution < 1.29 is 9.90 Å². The zero-order chi connectivity index (χ0) is 9.98. The topological polar surface area (TPSA) is 75.4 Å². The fourth-order valence-corrected chi connectivity index (χ4v) is 0.509. The molecular weight excluding hydrogens is 156 g/mol. The number of carbonyl (C=O) groups is 1. The summed E-state index contributed by atoms with van der Waals surface area (Å²) < 4.78 is 0. The molecule has 4 N–H and O–H groups in total. The Hall–Kier alpha value is -0.610. The molecule has 0 saturated heterocycles. The highest BCUT2D eigenvalue weighted by Gasteiger charge is 2.05. The molecule has 0 aromatic rings. The number of aliphatic hydroxyl groups is 1. The van der Waals surface area contributed by atoms with E-state index in [0.29, 0.717) is 6.42 Å². The van der Waals surface area contributed by atoms with Crippen molar-refractivity contribution in [1.82, 2.24) is 5.32 Å². The van der Waals surface area contributed by atoms with Gasteiger partial charge in [0.15, 0.2) is 0 Å². The van der Waals surface area contributed by atoms with Crippen molar-refractivity contribution in [2.45, 2.75) is 33.2 Å². The third-order valence-corrected chi connectivity index (χ3v) is 1.19. The highest BCUT2D eigenvalue weighted by molar-refractivity contribution is 5.75. The van der Waals surface area contributed by atoms with Crippen LogP contribution in [-0.2, 0) is 4.79 Å². The SMILES string of the molecule is CC.CCC(=O)NC(CN)CO. The van der Waals surface area contributed by atoms with Crippen LogP contribution in [0.2, 0.25) is 0 Å². The molecule has 0 fully saturated rings. The Balaban J connectivity index is 0. The molecule has 0 aromatic heterocycles. The summed E-state index contributed by atoms with van der Waals surface area (Å²) in [5, 5.41) is 11.1. The van der Waals surface area contributed by atoms with Crippen molar-refractivity contribution >= 4 is 5.91 Å². The molecule has 4 heteroatoms. The molecule has 1 amide bonds. The van der Waals surface area contributed by atoms with Crippen LogP contribution >= 0.6 is 0 Å². The summed E-state index contributed by atoms with van der Waals surface area (Å²) in [4.78, 5) is 10.7. The van der Waals surface area contributed by atoms with E-state index in [1.165, 1.54) is 0 Å². The van der Waals surface area contributed by atoms with E-state index in [1.807, 2.05) is 13.8 Å². The van der Waals surface area contributed by atoms with E-state index in [2.05, 4.69) is 5.32 Å². The van der Waals surface area contributed by atoms with Gasteiger partial charge in [-0.1, -0.05) is 20.8 Å². The van der Waals surface area contributed by atoms with Crippen LogP contribution in [0.4, 0.5) is 0 Å². The molecule has 4 nitrogen and oxygen atoms in total. The fourth-order valence-electron chi connectivity index (χ4n) is 0.509. The second-order valence-corrected chi connectivity index (χ2v) is 2.04. The average molecular weight is 176 g/mol. The van der Waals surface area contributed by atoms with Crippen LogP contribution in [0.3, 0.4) is 0 Å². The van der Waals surface area contributed by atoms with Gasteiger partial charge < -0.3 is 16.2 Å². The predicted molar refractivity (Wildman–Crippen MR) is 49.7 cm³/mol. The molecule has 1 atom stereocenters. The van der Waals surface area contributed by atoms with Crippen LogP contribution in [0, 0.1) is 0 Å². The number of hydrogen-bond donors (Lipinski definition) is 3. The number of hydrogen-bond acceptors (Lipinski definition) is 3. The number of aliphatic hydroxyl groups excluding tert-OH is 1. The van der Waals surface area contributed by atoms with E-state index < -0.39 is 0 Å². The Morgan fingerprint density at radius 2 is 2.08 bits per heavy atom. The van der Waals surface area contributed by atoms with Crippen molar-refractivity contribution in [1.29, 1.82) is 0 Å². The third-order valence-electron chi connectivity index (χ3n) is 1.19. The van der Waals surface area contributed by atoms with Crippen molar-refractivity contribution in [3.05, 3.63) is 0 Å². The van der Waals surface area contributed by atoms with Gasteiger partial charge in [-0.2, -0.15) is 0 Å². The van der Waals surface area contributed by atoms with Gasteiger partial charge >= 0.3 is 0 Å². The van der Waals surface area contributed by atoms with Crippen molar-refractivity contribution in [2.24, 2.45) is 5.73 Å². The first-order valence-electron chi connectivity index (χ1n) is 4.34. The molecule has 0 heterocycles. The van der Waals surface area contributed by atoms with Gasteiger partial charge in [0.2, 0.25) is 5.91 Å². The monoisotopic (exact) mass is 176 g/mol. The number of nitrogens with one attached hydrogen (secondary N) is 1. The van der Waals surface area contributed by atoms with Gasteiger partial charge in [-0.25, -0.2) is 0 Å². The minimum absolute atomic E-state index is 0.0792. The molecule has 0 aliphatic heterocycles. The summed E-state index contributed by atoms with van der Waals surface area (Å²) in [5.74, 6) is -0.0792. The highest BCUT2D eigenvalue weighted by atomic mass is 16.3. The number of nitrogens with two attached hydrogens (primary N) is 1. The second kappa shape index (κ2) is 10.4. The smallest absolute Gasteiger partial charge is 0.220 e. The van der Waals surface area contributed by atoms with Crippen molar-refractivity contribution in [3.63, 3.8) is 0 Å². The summed E-state index contributed by atoms with van der Waals surface area (Å²) in [6, 6.07) is -0.285. The van der Waals surface area contributed by atoms with Crippen LogP contribution in [0.15, 0.2) is 0 Å². The van der Waals surface area contributed by atoms with Gasteiger partial charge in [-0.15, -0.1) is 0 Å². The molecule has 1 unspecified atom stereocenters. The van der Waals surface area contributed by atoms with Gasteiger partial charge in [0.1, 0.15) is 0 Å². The van der Waals surface area contributed by atoms with Gasteiger partial charge in [0, 0.05) is 13.0 Å². The Kier molecular flexibility index (Phi) is 12.1. The lowest BCUT2D eigenvalue weighted by atomic mass is 10.3. The molecule has 0 aromatic carbocycles. The molecule has 0 aliphatic carbocycles. The minimum Gasteiger partial charge on any atom is -0.394 e. The summed E-state index contributed by atoms with van der Waals surface area (Å²) in [7, 11) is 0. The van der Waals surface area contributed by atoms with Crippen molar-refractivity contribution in [2.75, 3.05) is 13.2 Å². The first-order valence-corrected chi connectivity index (χ1v) is 4.34. The van der Waals surface area contributed by atoms with Gasteiger partial charge in [-0.05, 0) is 0 Å². The van der Waals surface area contributed by atoms with Gasteiger partial charge in [0.25, 0.3) is 0 Å². The van der Waals surface area contributed by atoms with Gasteiger partial charge in [-0.3, -0.25) is 4.79 Å². The lowest BCUT2D eigenvalue weighted by Gasteiger charge is -2.12. The predicted octanol–water partition coefficient (Wildman–Crippen LogP) is -0.142. The first-order chi connectivity index (χ1) is 5.74. The maximum Gasteiger partial charge on any atom is 0.220 e. The van der Waals surface area contributed by atoms with Crippen LogP contribution in [0.25, 0.3) is 0 Å². The lowest BCUT2D eigenvalue weighted by Crippen LogP contribution is -2.42. The van der Waals surface area contributed by atoms with Crippen LogP contribution in [0.1, 0.15) is 27.2 Å². The Bertz CT molecular complexity index is 103. The van der Waals surface area contributed by atoms with E-state index in [1.54, 1.807) is 6.92 Å². The molecule has 0 rings (SSSR count). The van der Waals surface area contributed by atoms with Gasteiger partial charge in [0.05, 0.1) is 12.6 Å². The average Bonchev–Trinajstić information content (AvgIpc) is 2.16. The van der Waals surface area contributed by atoms with E-state index in [9.17, 15) is 4.79 Å². The Morgan fingerprint density at radius 3 is 2.33 bits per heavy atom.